The van der Waals surface area contributed by atoms with Crippen LogP contribution < -0.4 is 19.9 Å². The number of anilines is 2. The Hall–Kier alpha value is -3.55. The van der Waals surface area contributed by atoms with Crippen LogP contribution in [-0.4, -0.2) is 56.3 Å². The number of carbonyl (C=O) groups is 2. The van der Waals surface area contributed by atoms with Gasteiger partial charge in [0.25, 0.3) is 0 Å². The highest BCUT2D eigenvalue weighted by atomic mass is 19.4. The second-order valence-electron chi connectivity index (χ2n) is 8.55. The van der Waals surface area contributed by atoms with E-state index in [4.69, 9.17) is 4.74 Å². The van der Waals surface area contributed by atoms with Gasteiger partial charge in [0, 0.05) is 38.4 Å². The van der Waals surface area contributed by atoms with E-state index in [2.05, 4.69) is 5.32 Å². The van der Waals surface area contributed by atoms with Crippen molar-refractivity contribution in [2.75, 3.05) is 43.0 Å². The average Bonchev–Trinajstić information content (AvgIpc) is 3.47. The summed E-state index contributed by atoms with van der Waals surface area (Å²) >= 11 is 0. The monoisotopic (exact) mass is 534 g/mol. The van der Waals surface area contributed by atoms with Gasteiger partial charge in [0.15, 0.2) is 5.75 Å². The predicted molar refractivity (Wildman–Crippen MR) is 118 cm³/mol. The zero-order chi connectivity index (χ0) is 27.1. The van der Waals surface area contributed by atoms with Crippen molar-refractivity contribution in [1.82, 2.24) is 10.2 Å². The molecular formula is C23H21F7N4O3. The summed E-state index contributed by atoms with van der Waals surface area (Å²) < 4.78 is 101. The smallest absolute Gasteiger partial charge is 0.407 e. The van der Waals surface area contributed by atoms with Crippen LogP contribution in [0, 0.1) is 5.82 Å². The highest BCUT2D eigenvalue weighted by Gasteiger charge is 2.44. The molecule has 2 aliphatic rings. The summed E-state index contributed by atoms with van der Waals surface area (Å²) in [5.41, 5.74) is -4.31. The number of nitrogens with zero attached hydrogens (tertiary/aromatic N) is 3. The van der Waals surface area contributed by atoms with Crippen molar-refractivity contribution < 1.29 is 45.1 Å². The van der Waals surface area contributed by atoms with Crippen molar-refractivity contribution in [2.24, 2.45) is 0 Å². The third-order valence-electron chi connectivity index (χ3n) is 6.19. The number of carbonyl (C=O) groups excluding carboxylic acids is 2. The topological polar surface area (TPSA) is 65.1 Å². The first kappa shape index (κ1) is 26.5. The molecule has 2 saturated heterocycles. The van der Waals surface area contributed by atoms with Crippen molar-refractivity contribution >= 4 is 23.5 Å². The first-order valence-electron chi connectivity index (χ1n) is 11.1. The minimum Gasteiger partial charge on any atom is -0.407 e. The van der Waals surface area contributed by atoms with Gasteiger partial charge >= 0.3 is 24.5 Å². The summed E-state index contributed by atoms with van der Waals surface area (Å²) in [6.45, 7) is 0.882. The number of nitrogens with one attached hydrogen (secondary N) is 1. The van der Waals surface area contributed by atoms with Gasteiger partial charge in [-0.15, -0.1) is 0 Å². The van der Waals surface area contributed by atoms with Crippen LogP contribution in [0.1, 0.15) is 17.5 Å². The van der Waals surface area contributed by atoms with E-state index in [0.29, 0.717) is 25.6 Å². The molecule has 3 amide bonds. The molecule has 2 aromatic rings. The zero-order valence-electron chi connectivity index (χ0n) is 19.3. The number of hydrogen-bond acceptors (Lipinski definition) is 4. The number of halogens is 7. The van der Waals surface area contributed by atoms with Crippen LogP contribution in [0.3, 0.4) is 0 Å². The molecule has 37 heavy (non-hydrogen) atoms. The van der Waals surface area contributed by atoms with E-state index in [0.717, 1.165) is 41.1 Å². The maximum atomic E-state index is 14.0. The minimum atomic E-state index is -5.36. The molecule has 2 fully saturated rings. The highest BCUT2D eigenvalue weighted by molar-refractivity contribution is 5.98. The van der Waals surface area contributed by atoms with Gasteiger partial charge in [-0.1, -0.05) is 0 Å². The van der Waals surface area contributed by atoms with Gasteiger partial charge in [-0.2, -0.15) is 26.3 Å². The van der Waals surface area contributed by atoms with Crippen molar-refractivity contribution in [2.45, 2.75) is 24.8 Å². The third-order valence-corrected chi connectivity index (χ3v) is 6.19. The van der Waals surface area contributed by atoms with Crippen molar-refractivity contribution in [3.63, 3.8) is 0 Å². The Morgan fingerprint density at radius 2 is 1.73 bits per heavy atom. The zero-order valence-corrected chi connectivity index (χ0v) is 19.3. The molecule has 2 aromatic carbocycles. The third kappa shape index (κ3) is 5.43. The largest absolute Gasteiger partial charge is 0.420 e. The number of rotatable bonds is 4. The quantitative estimate of drug-likeness (QED) is 0.555. The van der Waals surface area contributed by atoms with Gasteiger partial charge in [-0.3, -0.25) is 9.80 Å². The fourth-order valence-corrected chi connectivity index (χ4v) is 4.24. The minimum absolute atomic E-state index is 0.0468. The Morgan fingerprint density at radius 3 is 2.30 bits per heavy atom. The molecule has 0 bridgehead atoms. The van der Waals surface area contributed by atoms with E-state index in [1.165, 1.54) is 4.90 Å². The van der Waals surface area contributed by atoms with Gasteiger partial charge in [0.1, 0.15) is 11.4 Å². The van der Waals surface area contributed by atoms with Gasteiger partial charge < -0.3 is 15.0 Å². The molecule has 0 spiro atoms. The molecule has 14 heteroatoms. The molecule has 1 N–H and O–H groups in total. The fourth-order valence-electron chi connectivity index (χ4n) is 4.24. The maximum absolute atomic E-state index is 14.0. The number of ether oxygens (including phenoxy) is 1. The lowest BCUT2D eigenvalue weighted by Crippen LogP contribution is -2.40. The Bertz CT molecular complexity index is 1180. The van der Waals surface area contributed by atoms with E-state index in [1.807, 2.05) is 0 Å². The molecule has 0 aromatic heterocycles. The molecule has 1 atom stereocenters. The molecule has 7 nitrogen and oxygen atoms in total. The molecule has 1 unspecified atom stereocenters. The summed E-state index contributed by atoms with van der Waals surface area (Å²) in [4.78, 5) is 28.8. The number of urea groups is 1. The molecule has 0 radical (unpaired) electrons. The van der Waals surface area contributed by atoms with Crippen LogP contribution in [0.5, 0.6) is 5.75 Å². The number of benzene rings is 2. The van der Waals surface area contributed by atoms with Crippen LogP contribution in [0.2, 0.25) is 0 Å². The van der Waals surface area contributed by atoms with Crippen LogP contribution in [0.4, 0.5) is 51.7 Å². The van der Waals surface area contributed by atoms with Crippen LogP contribution in [0.15, 0.2) is 36.4 Å². The lowest BCUT2D eigenvalue weighted by atomic mass is 10.1. The molecule has 0 aliphatic carbocycles. The Kier molecular flexibility index (Phi) is 6.97. The molecular weight excluding hydrogens is 513 g/mol. The van der Waals surface area contributed by atoms with Gasteiger partial charge in [-0.05, 0) is 49.4 Å². The Labute approximate surface area is 206 Å². The number of amides is 3. The number of hydrogen-bond donors (Lipinski definition) is 1. The summed E-state index contributed by atoms with van der Waals surface area (Å²) in [6, 6.07) is 3.44. The molecule has 0 saturated carbocycles. The van der Waals surface area contributed by atoms with E-state index in [1.54, 1.807) is 0 Å². The van der Waals surface area contributed by atoms with Crippen molar-refractivity contribution in [3.05, 3.63) is 53.3 Å². The highest BCUT2D eigenvalue weighted by Crippen LogP contribution is 2.47. The SMILES string of the molecule is CN(C(=O)Oc1c(N2CCN(C3CCNC3)C2=O)cc(C(F)(F)F)cc1C(F)(F)F)c1ccc(F)cc1. The van der Waals surface area contributed by atoms with Crippen LogP contribution in [0.25, 0.3) is 0 Å². The normalized spacial score (nSPS) is 18.5. The second kappa shape index (κ2) is 9.72. The molecule has 200 valence electrons. The summed E-state index contributed by atoms with van der Waals surface area (Å²) in [6.07, 6.45) is -11.4. The lowest BCUT2D eigenvalue weighted by Gasteiger charge is -2.27. The van der Waals surface area contributed by atoms with Crippen LogP contribution in [-0.2, 0) is 12.4 Å². The lowest BCUT2D eigenvalue weighted by molar-refractivity contribution is -0.143. The van der Waals surface area contributed by atoms with Gasteiger partial charge in [0.2, 0.25) is 0 Å². The maximum Gasteiger partial charge on any atom is 0.420 e. The molecule has 4 rings (SSSR count). The summed E-state index contributed by atoms with van der Waals surface area (Å²) in [7, 11) is 1.13. The van der Waals surface area contributed by atoms with E-state index >= 15 is 0 Å². The number of alkyl halides is 6. The van der Waals surface area contributed by atoms with Crippen LogP contribution >= 0.6 is 0 Å². The first-order chi connectivity index (χ1) is 17.3. The van der Waals surface area contributed by atoms with E-state index < -0.39 is 52.9 Å². The average molecular weight is 534 g/mol. The first-order valence-corrected chi connectivity index (χ1v) is 11.1. The Balaban J connectivity index is 1.78. The van der Waals surface area contributed by atoms with Crippen molar-refractivity contribution in [1.29, 1.82) is 0 Å². The standard InChI is InChI=1S/C23H21F7N4O3/c1-32(15-4-2-14(24)3-5-15)21(36)37-19-17(23(28,29)30)10-13(22(25,26)27)11-18(19)34-9-8-33(20(34)35)16-6-7-31-12-16/h2-5,10-11,16,31H,6-9,12H2,1H3. The fraction of sp³-hybridized carbons (Fsp3) is 0.391. The second-order valence-corrected chi connectivity index (χ2v) is 8.55. The summed E-state index contributed by atoms with van der Waals surface area (Å²) in [5.74, 6) is -1.87. The van der Waals surface area contributed by atoms with Crippen molar-refractivity contribution in [3.8, 4) is 5.75 Å². The Morgan fingerprint density at radius 1 is 1.05 bits per heavy atom. The van der Waals surface area contributed by atoms with Gasteiger partial charge in [-0.25, -0.2) is 14.0 Å². The van der Waals surface area contributed by atoms with E-state index in [9.17, 15) is 40.3 Å². The molecule has 2 heterocycles. The summed E-state index contributed by atoms with van der Waals surface area (Å²) in [5, 5.41) is 3.04. The van der Waals surface area contributed by atoms with Gasteiger partial charge in [0.05, 0.1) is 11.3 Å². The molecule has 2 aliphatic heterocycles. The van der Waals surface area contributed by atoms with E-state index in [-0.39, 0.29) is 30.9 Å². The predicted octanol–water partition coefficient (Wildman–Crippen LogP) is 5.10.